The summed E-state index contributed by atoms with van der Waals surface area (Å²) in [5.41, 5.74) is 11.3. The summed E-state index contributed by atoms with van der Waals surface area (Å²) >= 11 is 0. The summed E-state index contributed by atoms with van der Waals surface area (Å²) < 4.78 is 1.59. The fourth-order valence-corrected chi connectivity index (χ4v) is 1.70. The van der Waals surface area contributed by atoms with Crippen LogP contribution in [-0.2, 0) is 6.54 Å². The highest BCUT2D eigenvalue weighted by Gasteiger charge is 2.17. The summed E-state index contributed by atoms with van der Waals surface area (Å²) in [6.45, 7) is 2.89. The van der Waals surface area contributed by atoms with E-state index < -0.39 is 4.92 Å². The predicted molar refractivity (Wildman–Crippen MR) is 64.5 cm³/mol. The van der Waals surface area contributed by atoms with Crippen molar-refractivity contribution in [3.8, 4) is 0 Å². The SMILES string of the molecule is Cc1ncc([N+](=O)[O-])n1CCC(N)CCCN. The van der Waals surface area contributed by atoms with Gasteiger partial charge in [0.1, 0.15) is 6.20 Å². The second-order valence-electron chi connectivity index (χ2n) is 4.05. The van der Waals surface area contributed by atoms with Crippen molar-refractivity contribution in [1.29, 1.82) is 0 Å². The van der Waals surface area contributed by atoms with Gasteiger partial charge in [-0.15, -0.1) is 0 Å². The van der Waals surface area contributed by atoms with E-state index in [1.165, 1.54) is 6.20 Å². The highest BCUT2D eigenvalue weighted by atomic mass is 16.6. The lowest BCUT2D eigenvalue weighted by Gasteiger charge is -2.10. The second kappa shape index (κ2) is 6.31. The summed E-state index contributed by atoms with van der Waals surface area (Å²) in [5.74, 6) is 0.663. The van der Waals surface area contributed by atoms with Crippen LogP contribution in [0.3, 0.4) is 0 Å². The molecule has 0 fully saturated rings. The molecule has 0 spiro atoms. The van der Waals surface area contributed by atoms with E-state index in [-0.39, 0.29) is 11.9 Å². The average Bonchev–Trinajstić information content (AvgIpc) is 2.65. The minimum atomic E-state index is -0.425. The van der Waals surface area contributed by atoms with Crippen molar-refractivity contribution in [2.75, 3.05) is 6.54 Å². The molecule has 0 radical (unpaired) electrons. The van der Waals surface area contributed by atoms with Crippen molar-refractivity contribution in [2.24, 2.45) is 11.5 Å². The zero-order valence-corrected chi connectivity index (χ0v) is 10.0. The summed E-state index contributed by atoms with van der Waals surface area (Å²) in [5, 5.41) is 10.7. The zero-order valence-electron chi connectivity index (χ0n) is 10.0. The zero-order chi connectivity index (χ0) is 12.8. The molecule has 0 saturated heterocycles. The van der Waals surface area contributed by atoms with Crippen molar-refractivity contribution < 1.29 is 4.92 Å². The normalized spacial score (nSPS) is 12.6. The molecule has 1 heterocycles. The molecule has 1 rings (SSSR count). The summed E-state index contributed by atoms with van der Waals surface area (Å²) in [4.78, 5) is 14.3. The van der Waals surface area contributed by atoms with E-state index in [1.54, 1.807) is 11.5 Å². The molecule has 1 aromatic heterocycles. The van der Waals surface area contributed by atoms with Gasteiger partial charge in [-0.05, 0) is 24.3 Å². The molecule has 1 unspecified atom stereocenters. The van der Waals surface area contributed by atoms with Gasteiger partial charge in [0.05, 0.1) is 6.54 Å². The van der Waals surface area contributed by atoms with Gasteiger partial charge in [-0.25, -0.2) is 9.55 Å². The maximum absolute atomic E-state index is 10.7. The second-order valence-corrected chi connectivity index (χ2v) is 4.05. The number of aromatic nitrogens is 2. The molecule has 0 bridgehead atoms. The third-order valence-electron chi connectivity index (χ3n) is 2.72. The van der Waals surface area contributed by atoms with E-state index in [2.05, 4.69) is 4.98 Å². The van der Waals surface area contributed by atoms with Crippen LogP contribution in [0.1, 0.15) is 25.1 Å². The van der Waals surface area contributed by atoms with Crippen LogP contribution in [0.2, 0.25) is 0 Å². The lowest BCUT2D eigenvalue weighted by molar-refractivity contribution is -0.392. The van der Waals surface area contributed by atoms with Crippen LogP contribution < -0.4 is 11.5 Å². The lowest BCUT2D eigenvalue weighted by Crippen LogP contribution is -2.23. The van der Waals surface area contributed by atoms with Gasteiger partial charge in [0.25, 0.3) is 0 Å². The van der Waals surface area contributed by atoms with E-state index in [0.717, 1.165) is 12.8 Å². The molecule has 0 saturated carbocycles. The standard InChI is InChI=1S/C10H19N5O2/c1-8-13-7-10(15(16)17)14(8)6-4-9(12)3-2-5-11/h7,9H,2-6,11-12H2,1H3. The van der Waals surface area contributed by atoms with E-state index in [4.69, 9.17) is 11.5 Å². The summed E-state index contributed by atoms with van der Waals surface area (Å²) in [6.07, 6.45) is 3.70. The topological polar surface area (TPSA) is 113 Å². The monoisotopic (exact) mass is 241 g/mol. The highest BCUT2D eigenvalue weighted by Crippen LogP contribution is 2.14. The van der Waals surface area contributed by atoms with E-state index in [1.807, 2.05) is 0 Å². The van der Waals surface area contributed by atoms with Crippen LogP contribution in [0.15, 0.2) is 6.20 Å². The molecule has 0 aliphatic carbocycles. The molecule has 7 nitrogen and oxygen atoms in total. The minimum Gasteiger partial charge on any atom is -0.358 e. The Morgan fingerprint density at radius 1 is 1.59 bits per heavy atom. The number of aryl methyl sites for hydroxylation is 1. The molecule has 7 heteroatoms. The highest BCUT2D eigenvalue weighted by molar-refractivity contribution is 5.18. The quantitative estimate of drug-likeness (QED) is 0.534. The van der Waals surface area contributed by atoms with Crippen LogP contribution >= 0.6 is 0 Å². The van der Waals surface area contributed by atoms with Gasteiger partial charge in [-0.2, -0.15) is 0 Å². The first-order valence-corrected chi connectivity index (χ1v) is 5.68. The Morgan fingerprint density at radius 3 is 2.88 bits per heavy atom. The Bertz CT molecular complexity index is 377. The molecule has 0 aliphatic heterocycles. The molecule has 17 heavy (non-hydrogen) atoms. The van der Waals surface area contributed by atoms with Gasteiger partial charge in [0, 0.05) is 19.4 Å². The molecule has 0 aliphatic rings. The first-order valence-electron chi connectivity index (χ1n) is 5.68. The molecule has 4 N–H and O–H groups in total. The van der Waals surface area contributed by atoms with Crippen LogP contribution in [0.4, 0.5) is 5.82 Å². The number of nitrogens with zero attached hydrogens (tertiary/aromatic N) is 3. The third kappa shape index (κ3) is 3.79. The van der Waals surface area contributed by atoms with Crippen LogP contribution in [0.5, 0.6) is 0 Å². The van der Waals surface area contributed by atoms with Crippen LogP contribution in [0.25, 0.3) is 0 Å². The average molecular weight is 241 g/mol. The fraction of sp³-hybridized carbons (Fsp3) is 0.700. The minimum absolute atomic E-state index is 0.0218. The molecule has 1 atom stereocenters. The Balaban J connectivity index is 2.56. The maximum Gasteiger partial charge on any atom is 0.342 e. The molecule has 1 aromatic rings. The Labute approximate surface area is 100.0 Å². The van der Waals surface area contributed by atoms with Crippen molar-refractivity contribution >= 4 is 5.82 Å². The van der Waals surface area contributed by atoms with Crippen molar-refractivity contribution in [2.45, 2.75) is 38.8 Å². The molecular formula is C10H19N5O2. The summed E-state index contributed by atoms with van der Waals surface area (Å²) in [7, 11) is 0. The Kier molecular flexibility index (Phi) is 5.05. The van der Waals surface area contributed by atoms with Gasteiger partial charge in [0.2, 0.25) is 0 Å². The van der Waals surface area contributed by atoms with Crippen molar-refractivity contribution in [1.82, 2.24) is 9.55 Å². The Morgan fingerprint density at radius 2 is 2.29 bits per heavy atom. The smallest absolute Gasteiger partial charge is 0.342 e. The van der Waals surface area contributed by atoms with Gasteiger partial charge >= 0.3 is 5.82 Å². The van der Waals surface area contributed by atoms with Crippen molar-refractivity contribution in [3.05, 3.63) is 22.1 Å². The first-order chi connectivity index (χ1) is 8.06. The predicted octanol–water partition coefficient (Wildman–Crippen LogP) is 0.556. The lowest BCUT2D eigenvalue weighted by atomic mass is 10.1. The van der Waals surface area contributed by atoms with Gasteiger partial charge < -0.3 is 21.6 Å². The van der Waals surface area contributed by atoms with Gasteiger partial charge in [0.15, 0.2) is 5.82 Å². The van der Waals surface area contributed by atoms with Crippen LogP contribution in [0, 0.1) is 17.0 Å². The molecular weight excluding hydrogens is 222 g/mol. The number of imidazole rings is 1. The maximum atomic E-state index is 10.7. The largest absolute Gasteiger partial charge is 0.358 e. The first kappa shape index (κ1) is 13.6. The Hall–Kier alpha value is -1.47. The number of hydrogen-bond acceptors (Lipinski definition) is 5. The number of nitrogens with two attached hydrogens (primary N) is 2. The van der Waals surface area contributed by atoms with E-state index in [9.17, 15) is 10.1 Å². The number of rotatable bonds is 7. The number of nitro groups is 1. The van der Waals surface area contributed by atoms with E-state index >= 15 is 0 Å². The molecule has 0 aromatic carbocycles. The van der Waals surface area contributed by atoms with Crippen molar-refractivity contribution in [3.63, 3.8) is 0 Å². The third-order valence-corrected chi connectivity index (χ3v) is 2.72. The molecule has 96 valence electrons. The number of hydrogen-bond donors (Lipinski definition) is 2. The van der Waals surface area contributed by atoms with E-state index in [0.29, 0.717) is 25.3 Å². The molecule has 0 amide bonds. The fourth-order valence-electron chi connectivity index (χ4n) is 1.70. The van der Waals surface area contributed by atoms with Gasteiger partial charge in [-0.1, -0.05) is 0 Å². The van der Waals surface area contributed by atoms with Crippen LogP contribution in [-0.4, -0.2) is 27.1 Å². The van der Waals surface area contributed by atoms with Gasteiger partial charge in [-0.3, -0.25) is 0 Å². The summed E-state index contributed by atoms with van der Waals surface area (Å²) in [6, 6.07) is 0.0277.